The van der Waals surface area contributed by atoms with E-state index in [4.69, 9.17) is 4.74 Å². The third-order valence-corrected chi connectivity index (χ3v) is 3.42. The van der Waals surface area contributed by atoms with Gasteiger partial charge in [0, 0.05) is 11.9 Å². The molecule has 0 saturated carbocycles. The maximum atomic E-state index is 11.3. The second-order valence-electron chi connectivity index (χ2n) is 3.37. The molecule has 14 heavy (non-hydrogen) atoms. The summed E-state index contributed by atoms with van der Waals surface area (Å²) in [6.45, 7) is 5.12. The van der Waals surface area contributed by atoms with Gasteiger partial charge in [0.1, 0.15) is 0 Å². The van der Waals surface area contributed by atoms with Crippen LogP contribution in [-0.2, 0) is 14.8 Å². The number of ether oxygens (including phenoxy) is 1. The first-order chi connectivity index (χ1) is 6.48. The molecule has 0 aliphatic rings. The van der Waals surface area contributed by atoms with Crippen LogP contribution in [0.25, 0.3) is 0 Å². The number of hydrogen-bond acceptors (Lipinski definition) is 3. The standard InChI is InChI=1S/C8H18BrNO3S/c1-8(2)7-14(11,12)10-4-6-13-5-3-9/h8,10H,3-7H2,1-2H3. The Labute approximate surface area is 94.6 Å². The second kappa shape index (κ2) is 7.62. The van der Waals surface area contributed by atoms with Crippen molar-refractivity contribution >= 4 is 26.0 Å². The molecule has 0 aliphatic heterocycles. The summed E-state index contributed by atoms with van der Waals surface area (Å²) in [5, 5.41) is 0.770. The van der Waals surface area contributed by atoms with Crippen LogP contribution >= 0.6 is 15.9 Å². The smallest absolute Gasteiger partial charge is 0.211 e. The SMILES string of the molecule is CC(C)CS(=O)(=O)NCCOCCBr. The van der Waals surface area contributed by atoms with Crippen molar-refractivity contribution in [2.75, 3.05) is 30.8 Å². The molecule has 0 spiro atoms. The van der Waals surface area contributed by atoms with E-state index in [-0.39, 0.29) is 11.7 Å². The Kier molecular flexibility index (Phi) is 7.81. The van der Waals surface area contributed by atoms with Crippen LogP contribution in [0.2, 0.25) is 0 Å². The van der Waals surface area contributed by atoms with E-state index >= 15 is 0 Å². The lowest BCUT2D eigenvalue weighted by Crippen LogP contribution is -2.31. The molecule has 0 atom stereocenters. The number of halogens is 1. The summed E-state index contributed by atoms with van der Waals surface area (Å²) >= 11 is 3.21. The van der Waals surface area contributed by atoms with Crippen molar-refractivity contribution in [3.05, 3.63) is 0 Å². The maximum Gasteiger partial charge on any atom is 0.211 e. The highest BCUT2D eigenvalue weighted by Gasteiger charge is 2.11. The molecule has 0 heterocycles. The molecule has 0 amide bonds. The molecule has 0 aromatic heterocycles. The van der Waals surface area contributed by atoms with Crippen LogP contribution in [0, 0.1) is 5.92 Å². The summed E-state index contributed by atoms with van der Waals surface area (Å²) in [4.78, 5) is 0. The van der Waals surface area contributed by atoms with E-state index < -0.39 is 10.0 Å². The molecule has 0 radical (unpaired) electrons. The van der Waals surface area contributed by atoms with E-state index in [0.717, 1.165) is 5.33 Å². The summed E-state index contributed by atoms with van der Waals surface area (Å²) in [6, 6.07) is 0. The average Bonchev–Trinajstić information content (AvgIpc) is 2.01. The highest BCUT2D eigenvalue weighted by molar-refractivity contribution is 9.09. The summed E-state index contributed by atoms with van der Waals surface area (Å²) in [6.07, 6.45) is 0. The zero-order valence-electron chi connectivity index (χ0n) is 8.62. The summed E-state index contributed by atoms with van der Waals surface area (Å²) in [5.41, 5.74) is 0. The molecule has 86 valence electrons. The molecule has 0 aliphatic carbocycles. The normalized spacial score (nSPS) is 12.3. The third-order valence-electron chi connectivity index (χ3n) is 1.34. The first kappa shape index (κ1) is 14.3. The minimum absolute atomic E-state index is 0.149. The summed E-state index contributed by atoms with van der Waals surface area (Å²) in [5.74, 6) is 0.321. The van der Waals surface area contributed by atoms with Gasteiger partial charge >= 0.3 is 0 Å². The number of nitrogens with one attached hydrogen (secondary N) is 1. The fraction of sp³-hybridized carbons (Fsp3) is 1.00. The van der Waals surface area contributed by atoms with Gasteiger partial charge in [-0.15, -0.1) is 0 Å². The third kappa shape index (κ3) is 8.93. The predicted molar refractivity (Wildman–Crippen MR) is 61.2 cm³/mol. The number of alkyl halides is 1. The second-order valence-corrected chi connectivity index (χ2v) is 6.02. The lowest BCUT2D eigenvalue weighted by atomic mass is 10.3. The van der Waals surface area contributed by atoms with Crippen molar-refractivity contribution in [2.45, 2.75) is 13.8 Å². The molecule has 0 aromatic rings. The number of rotatable bonds is 8. The zero-order chi connectivity index (χ0) is 11.0. The van der Waals surface area contributed by atoms with Crippen LogP contribution in [0.4, 0.5) is 0 Å². The van der Waals surface area contributed by atoms with Crippen LogP contribution in [0.5, 0.6) is 0 Å². The van der Waals surface area contributed by atoms with Crippen LogP contribution in [0.3, 0.4) is 0 Å². The lowest BCUT2D eigenvalue weighted by Gasteiger charge is -2.08. The fourth-order valence-corrected chi connectivity index (χ4v) is 2.54. The summed E-state index contributed by atoms with van der Waals surface area (Å²) < 4.78 is 30.2. The van der Waals surface area contributed by atoms with Crippen molar-refractivity contribution in [1.29, 1.82) is 0 Å². The van der Waals surface area contributed by atoms with Crippen LogP contribution in [0.15, 0.2) is 0 Å². The minimum Gasteiger partial charge on any atom is -0.379 e. The highest BCUT2D eigenvalue weighted by atomic mass is 79.9. The van der Waals surface area contributed by atoms with Crippen LogP contribution in [-0.4, -0.2) is 39.3 Å². The van der Waals surface area contributed by atoms with Crippen molar-refractivity contribution < 1.29 is 13.2 Å². The van der Waals surface area contributed by atoms with Crippen molar-refractivity contribution in [2.24, 2.45) is 5.92 Å². The first-order valence-corrected chi connectivity index (χ1v) is 7.36. The van der Waals surface area contributed by atoms with Gasteiger partial charge in [0.05, 0.1) is 19.0 Å². The van der Waals surface area contributed by atoms with E-state index in [0.29, 0.717) is 19.8 Å². The fourth-order valence-electron chi connectivity index (χ4n) is 0.924. The van der Waals surface area contributed by atoms with E-state index in [9.17, 15) is 8.42 Å². The molecule has 0 fully saturated rings. The van der Waals surface area contributed by atoms with Crippen molar-refractivity contribution in [3.8, 4) is 0 Å². The molecule has 4 nitrogen and oxygen atoms in total. The number of hydrogen-bond donors (Lipinski definition) is 1. The van der Waals surface area contributed by atoms with Gasteiger partial charge in [-0.25, -0.2) is 13.1 Å². The molecule has 1 N–H and O–H groups in total. The van der Waals surface area contributed by atoms with Gasteiger partial charge in [-0.3, -0.25) is 0 Å². The molecular formula is C8H18BrNO3S. The number of sulfonamides is 1. The van der Waals surface area contributed by atoms with Crippen LogP contribution < -0.4 is 4.72 Å². The van der Waals surface area contributed by atoms with Gasteiger partial charge in [-0.1, -0.05) is 29.8 Å². The highest BCUT2D eigenvalue weighted by Crippen LogP contribution is 1.96. The van der Waals surface area contributed by atoms with Gasteiger partial charge < -0.3 is 4.74 Å². The first-order valence-electron chi connectivity index (χ1n) is 4.59. The predicted octanol–water partition coefficient (Wildman–Crippen LogP) is 0.973. The van der Waals surface area contributed by atoms with Crippen molar-refractivity contribution in [1.82, 2.24) is 4.72 Å². The Hall–Kier alpha value is 0.350. The molecule has 0 saturated heterocycles. The van der Waals surface area contributed by atoms with Gasteiger partial charge in [-0.05, 0) is 5.92 Å². The Balaban J connectivity index is 3.56. The largest absolute Gasteiger partial charge is 0.379 e. The van der Waals surface area contributed by atoms with Gasteiger partial charge in [0.2, 0.25) is 10.0 Å². The topological polar surface area (TPSA) is 55.4 Å². The van der Waals surface area contributed by atoms with E-state index in [2.05, 4.69) is 20.7 Å². The maximum absolute atomic E-state index is 11.3. The zero-order valence-corrected chi connectivity index (χ0v) is 11.0. The minimum atomic E-state index is -3.11. The average molecular weight is 288 g/mol. The van der Waals surface area contributed by atoms with Gasteiger partial charge in [0.15, 0.2) is 0 Å². The monoisotopic (exact) mass is 287 g/mol. The van der Waals surface area contributed by atoms with E-state index in [1.807, 2.05) is 13.8 Å². The van der Waals surface area contributed by atoms with E-state index in [1.165, 1.54) is 0 Å². The van der Waals surface area contributed by atoms with Gasteiger partial charge in [-0.2, -0.15) is 0 Å². The molecule has 0 rings (SSSR count). The molecule has 0 bridgehead atoms. The van der Waals surface area contributed by atoms with Gasteiger partial charge in [0.25, 0.3) is 0 Å². The molecular weight excluding hydrogens is 270 g/mol. The molecule has 0 aromatic carbocycles. The van der Waals surface area contributed by atoms with Crippen LogP contribution in [0.1, 0.15) is 13.8 Å². The Morgan fingerprint density at radius 2 is 2.00 bits per heavy atom. The summed E-state index contributed by atoms with van der Waals surface area (Å²) in [7, 11) is -3.11. The molecule has 0 unspecified atom stereocenters. The Morgan fingerprint density at radius 1 is 1.36 bits per heavy atom. The van der Waals surface area contributed by atoms with Crippen molar-refractivity contribution in [3.63, 3.8) is 0 Å². The molecule has 6 heteroatoms. The lowest BCUT2D eigenvalue weighted by molar-refractivity contribution is 0.156. The van der Waals surface area contributed by atoms with E-state index in [1.54, 1.807) is 0 Å². The Morgan fingerprint density at radius 3 is 2.50 bits per heavy atom. The quantitative estimate of drug-likeness (QED) is 0.535. The Bertz CT molecular complexity index is 229.